The van der Waals surface area contributed by atoms with Crippen molar-refractivity contribution in [3.63, 3.8) is 0 Å². The second-order valence-electron chi connectivity index (χ2n) is 1.61. The van der Waals surface area contributed by atoms with E-state index in [9.17, 15) is 4.79 Å². The minimum absolute atomic E-state index is 0.0995. The van der Waals surface area contributed by atoms with Crippen LogP contribution in [0, 0.1) is 5.41 Å². The second-order valence-corrected chi connectivity index (χ2v) is 1.61. The molecule has 0 aliphatic heterocycles. The largest absolute Gasteiger partial charge is 0.465 e. The van der Waals surface area contributed by atoms with Gasteiger partial charge in [-0.3, -0.25) is 5.41 Å². The monoisotopic (exact) mass is 142 g/mol. The molecule has 0 rings (SSSR count). The number of amidine groups is 1. The minimum atomic E-state index is -0.574. The van der Waals surface area contributed by atoms with Crippen LogP contribution in [0.5, 0.6) is 0 Å². The van der Waals surface area contributed by atoms with Crippen LogP contribution in [0.2, 0.25) is 0 Å². The summed E-state index contributed by atoms with van der Waals surface area (Å²) in [5.74, 6) is -0.843. The third kappa shape index (κ3) is 1.89. The van der Waals surface area contributed by atoms with Crippen LogP contribution in [-0.2, 0) is 9.53 Å². The number of ether oxygens (including phenoxy) is 1. The van der Waals surface area contributed by atoms with Crippen molar-refractivity contribution >= 4 is 11.8 Å². The predicted octanol–water partition coefficient (Wildman–Crippen LogP) is 0.0417. The standard InChI is InChI=1S/C6H10N2O2/c1-3-4(5(7)8)6(9)10-2/h3H,1-2H3,(H3,7,8)/b4-3+. The zero-order chi connectivity index (χ0) is 8.15. The molecule has 10 heavy (non-hydrogen) atoms. The first-order valence-corrected chi connectivity index (χ1v) is 2.72. The molecule has 0 aliphatic rings. The molecule has 0 aromatic carbocycles. The fourth-order valence-corrected chi connectivity index (χ4v) is 0.493. The molecule has 0 fully saturated rings. The molecule has 4 nitrogen and oxygen atoms in total. The number of methoxy groups -OCH3 is 1. The van der Waals surface area contributed by atoms with Gasteiger partial charge >= 0.3 is 5.97 Å². The molecule has 0 aromatic heterocycles. The molecule has 0 bridgehead atoms. The smallest absolute Gasteiger partial charge is 0.341 e. The van der Waals surface area contributed by atoms with Crippen LogP contribution in [-0.4, -0.2) is 18.9 Å². The minimum Gasteiger partial charge on any atom is -0.465 e. The topological polar surface area (TPSA) is 76.2 Å². The highest BCUT2D eigenvalue weighted by molar-refractivity contribution is 6.16. The highest BCUT2D eigenvalue weighted by Gasteiger charge is 2.09. The van der Waals surface area contributed by atoms with E-state index in [1.165, 1.54) is 13.2 Å². The van der Waals surface area contributed by atoms with E-state index < -0.39 is 5.97 Å². The molecule has 3 N–H and O–H groups in total. The van der Waals surface area contributed by atoms with E-state index in [1.807, 2.05) is 0 Å². The molecule has 0 saturated heterocycles. The van der Waals surface area contributed by atoms with Crippen molar-refractivity contribution < 1.29 is 9.53 Å². The lowest BCUT2D eigenvalue weighted by atomic mass is 10.2. The number of carbonyl (C=O) groups is 1. The molecule has 0 aliphatic carbocycles. The van der Waals surface area contributed by atoms with Gasteiger partial charge in [0, 0.05) is 0 Å². The van der Waals surface area contributed by atoms with E-state index in [-0.39, 0.29) is 11.4 Å². The van der Waals surface area contributed by atoms with E-state index in [0.717, 1.165) is 0 Å². The zero-order valence-electron chi connectivity index (χ0n) is 5.97. The van der Waals surface area contributed by atoms with E-state index in [1.54, 1.807) is 6.92 Å². The predicted molar refractivity (Wildman–Crippen MR) is 37.7 cm³/mol. The number of rotatable bonds is 2. The third-order valence-electron chi connectivity index (χ3n) is 0.984. The van der Waals surface area contributed by atoms with E-state index >= 15 is 0 Å². The SMILES string of the molecule is C/C=C(\C(=N)N)C(=O)OC. The molecule has 0 saturated carbocycles. The first kappa shape index (κ1) is 8.68. The van der Waals surface area contributed by atoms with Crippen LogP contribution in [0.3, 0.4) is 0 Å². The summed E-state index contributed by atoms with van der Waals surface area (Å²) in [7, 11) is 1.24. The summed E-state index contributed by atoms with van der Waals surface area (Å²) >= 11 is 0. The fourth-order valence-electron chi connectivity index (χ4n) is 0.493. The molecule has 0 aromatic rings. The number of hydrogen-bond donors (Lipinski definition) is 2. The zero-order valence-corrected chi connectivity index (χ0v) is 5.97. The Kier molecular flexibility index (Phi) is 3.17. The van der Waals surface area contributed by atoms with Crippen LogP contribution in [0.25, 0.3) is 0 Å². The average molecular weight is 142 g/mol. The normalized spacial score (nSPS) is 10.8. The summed E-state index contributed by atoms with van der Waals surface area (Å²) < 4.78 is 4.34. The Morgan fingerprint density at radius 1 is 1.70 bits per heavy atom. The lowest BCUT2D eigenvalue weighted by Gasteiger charge is -1.99. The molecule has 4 heteroatoms. The van der Waals surface area contributed by atoms with E-state index in [4.69, 9.17) is 11.1 Å². The average Bonchev–Trinajstić information content (AvgIpc) is 1.88. The van der Waals surface area contributed by atoms with Crippen LogP contribution < -0.4 is 5.73 Å². The Morgan fingerprint density at radius 2 is 2.20 bits per heavy atom. The number of nitrogens with two attached hydrogens (primary N) is 1. The molecular weight excluding hydrogens is 132 g/mol. The summed E-state index contributed by atoms with van der Waals surface area (Å²) in [4.78, 5) is 10.7. The second kappa shape index (κ2) is 3.66. The van der Waals surface area contributed by atoms with Crippen molar-refractivity contribution in [2.45, 2.75) is 6.92 Å². The molecule has 0 radical (unpaired) electrons. The Balaban J connectivity index is 4.39. The van der Waals surface area contributed by atoms with Gasteiger partial charge in [0.1, 0.15) is 5.84 Å². The van der Waals surface area contributed by atoms with Gasteiger partial charge in [0.2, 0.25) is 0 Å². The number of nitrogens with one attached hydrogen (secondary N) is 1. The van der Waals surface area contributed by atoms with Crippen LogP contribution in [0.15, 0.2) is 11.6 Å². The van der Waals surface area contributed by atoms with Crippen LogP contribution >= 0.6 is 0 Å². The van der Waals surface area contributed by atoms with E-state index in [2.05, 4.69) is 4.74 Å². The van der Waals surface area contributed by atoms with Crippen LogP contribution in [0.4, 0.5) is 0 Å². The summed E-state index contributed by atoms with van der Waals surface area (Å²) in [6.07, 6.45) is 1.44. The Bertz CT molecular complexity index is 184. The highest BCUT2D eigenvalue weighted by Crippen LogP contribution is 1.94. The first-order valence-electron chi connectivity index (χ1n) is 2.72. The maximum atomic E-state index is 10.7. The molecule has 0 heterocycles. The van der Waals surface area contributed by atoms with Crippen LogP contribution in [0.1, 0.15) is 6.92 Å². The van der Waals surface area contributed by atoms with Crippen molar-refractivity contribution in [2.24, 2.45) is 5.73 Å². The first-order chi connectivity index (χ1) is 4.63. The van der Waals surface area contributed by atoms with Gasteiger partial charge < -0.3 is 10.5 Å². The highest BCUT2D eigenvalue weighted by atomic mass is 16.5. The molecule has 0 unspecified atom stereocenters. The van der Waals surface area contributed by atoms with Gasteiger partial charge in [0.05, 0.1) is 12.7 Å². The molecule has 0 atom stereocenters. The molecule has 56 valence electrons. The van der Waals surface area contributed by atoms with Gasteiger partial charge in [-0.2, -0.15) is 0 Å². The summed E-state index contributed by atoms with van der Waals surface area (Å²) in [6.45, 7) is 1.62. The van der Waals surface area contributed by atoms with Crippen molar-refractivity contribution in [1.82, 2.24) is 0 Å². The van der Waals surface area contributed by atoms with Gasteiger partial charge in [0.25, 0.3) is 0 Å². The lowest BCUT2D eigenvalue weighted by molar-refractivity contribution is -0.135. The van der Waals surface area contributed by atoms with Gasteiger partial charge in [-0.15, -0.1) is 0 Å². The van der Waals surface area contributed by atoms with Crippen molar-refractivity contribution in [3.05, 3.63) is 11.6 Å². The summed E-state index contributed by atoms with van der Waals surface area (Å²) in [6, 6.07) is 0. The fraction of sp³-hybridized carbons (Fsp3) is 0.333. The van der Waals surface area contributed by atoms with Gasteiger partial charge in [-0.25, -0.2) is 4.79 Å². The summed E-state index contributed by atoms with van der Waals surface area (Å²) in [5.41, 5.74) is 5.14. The maximum absolute atomic E-state index is 10.7. The quantitative estimate of drug-likeness (QED) is 0.247. The Labute approximate surface area is 59.2 Å². The number of carbonyl (C=O) groups excluding carboxylic acids is 1. The Morgan fingerprint density at radius 3 is 2.30 bits per heavy atom. The summed E-state index contributed by atoms with van der Waals surface area (Å²) in [5, 5.41) is 6.89. The third-order valence-corrected chi connectivity index (χ3v) is 0.984. The van der Waals surface area contributed by atoms with Crippen molar-refractivity contribution in [2.75, 3.05) is 7.11 Å². The van der Waals surface area contributed by atoms with Crippen molar-refractivity contribution in [1.29, 1.82) is 5.41 Å². The molecule has 0 spiro atoms. The van der Waals surface area contributed by atoms with Gasteiger partial charge in [0.15, 0.2) is 0 Å². The molecule has 0 amide bonds. The van der Waals surface area contributed by atoms with Crippen molar-refractivity contribution in [3.8, 4) is 0 Å². The maximum Gasteiger partial charge on any atom is 0.341 e. The van der Waals surface area contributed by atoms with Gasteiger partial charge in [-0.1, -0.05) is 6.08 Å². The number of allylic oxidation sites excluding steroid dienone is 1. The van der Waals surface area contributed by atoms with Gasteiger partial charge in [-0.05, 0) is 6.92 Å². The van der Waals surface area contributed by atoms with E-state index in [0.29, 0.717) is 0 Å². The number of esters is 1. The number of hydrogen-bond acceptors (Lipinski definition) is 3. The Hall–Kier alpha value is -1.32. The lowest BCUT2D eigenvalue weighted by Crippen LogP contribution is -2.20. The molecular formula is C6H10N2O2.